The normalized spacial score (nSPS) is 42.0. The van der Waals surface area contributed by atoms with E-state index in [4.69, 9.17) is 4.74 Å². The molecule has 0 bridgehead atoms. The highest BCUT2D eigenvalue weighted by Gasteiger charge is 2.64. The lowest BCUT2D eigenvalue weighted by molar-refractivity contribution is -0.218. The van der Waals surface area contributed by atoms with Gasteiger partial charge in [0.1, 0.15) is 11.9 Å². The van der Waals surface area contributed by atoms with E-state index < -0.39 is 29.1 Å². The molecule has 0 saturated heterocycles. The van der Waals surface area contributed by atoms with Crippen molar-refractivity contribution in [2.24, 2.45) is 28.6 Å². The molecule has 29 heavy (non-hydrogen) atoms. The van der Waals surface area contributed by atoms with Crippen LogP contribution in [-0.2, 0) is 19.1 Å². The molecule has 0 heterocycles. The molecule has 0 radical (unpaired) electrons. The van der Waals surface area contributed by atoms with Crippen LogP contribution in [0.25, 0.3) is 0 Å². The SMILES string of the molecule is C=C1C[C@@H]2[C@H]([C@@H](OC(=O)C(F)(F)F)C[C@]3(C)C(=O)CC[C@@H]23)[C@@]2(C)CCC(=O)C=C12. The van der Waals surface area contributed by atoms with Crippen molar-refractivity contribution in [2.45, 2.75) is 64.7 Å². The lowest BCUT2D eigenvalue weighted by atomic mass is 9.46. The monoisotopic (exact) mass is 410 g/mol. The fourth-order valence-corrected chi connectivity index (χ4v) is 6.75. The maximum absolute atomic E-state index is 13.0. The summed E-state index contributed by atoms with van der Waals surface area (Å²) in [6.07, 6.45) is -2.06. The molecule has 0 aliphatic heterocycles. The number of rotatable bonds is 1. The summed E-state index contributed by atoms with van der Waals surface area (Å²) in [5.74, 6) is -2.65. The van der Waals surface area contributed by atoms with Crippen molar-refractivity contribution in [3.05, 3.63) is 23.8 Å². The lowest BCUT2D eigenvalue weighted by Gasteiger charge is -2.59. The summed E-state index contributed by atoms with van der Waals surface area (Å²) >= 11 is 0. The summed E-state index contributed by atoms with van der Waals surface area (Å²) in [6, 6.07) is 0. The number of Topliss-reactive ketones (excluding diaryl/α,β-unsaturated/α-hetero) is 1. The van der Waals surface area contributed by atoms with Crippen LogP contribution in [0.1, 0.15) is 52.4 Å². The van der Waals surface area contributed by atoms with Crippen LogP contribution in [0.2, 0.25) is 0 Å². The topological polar surface area (TPSA) is 60.4 Å². The largest absolute Gasteiger partial charge is 0.490 e. The van der Waals surface area contributed by atoms with Gasteiger partial charge in [-0.2, -0.15) is 13.2 Å². The van der Waals surface area contributed by atoms with Gasteiger partial charge in [0.15, 0.2) is 5.78 Å². The summed E-state index contributed by atoms with van der Waals surface area (Å²) in [7, 11) is 0. The molecular weight excluding hydrogens is 385 g/mol. The average molecular weight is 410 g/mol. The molecule has 6 atom stereocenters. The van der Waals surface area contributed by atoms with Gasteiger partial charge < -0.3 is 4.74 Å². The lowest BCUT2D eigenvalue weighted by Crippen LogP contribution is -2.58. The standard InChI is InChI=1S/C22H25F3O4/c1-11-8-13-14-4-5-17(27)21(14,3)10-16(29-19(28)22(23,24)25)18(13)20(2)7-6-12(26)9-15(11)20/h9,13-14,16,18H,1,4-8,10H2,2-3H3/t13-,14-,16-,18+,20-,21-/m0/s1. The Hall–Kier alpha value is -1.92. The molecule has 4 rings (SSSR count). The number of halogens is 3. The summed E-state index contributed by atoms with van der Waals surface area (Å²) in [6.45, 7) is 7.91. The zero-order chi connectivity index (χ0) is 21.4. The number of hydrogen-bond donors (Lipinski definition) is 0. The van der Waals surface area contributed by atoms with Crippen LogP contribution in [0.5, 0.6) is 0 Å². The molecule has 0 N–H and O–H groups in total. The van der Waals surface area contributed by atoms with Gasteiger partial charge in [-0.15, -0.1) is 0 Å². The third-order valence-corrected chi connectivity index (χ3v) is 8.04. The highest BCUT2D eigenvalue weighted by molar-refractivity contribution is 5.93. The molecule has 158 valence electrons. The van der Waals surface area contributed by atoms with Crippen molar-refractivity contribution >= 4 is 17.5 Å². The maximum Gasteiger partial charge on any atom is 0.490 e. The Labute approximate surface area is 167 Å². The smallest absolute Gasteiger partial charge is 0.455 e. The van der Waals surface area contributed by atoms with Crippen molar-refractivity contribution in [2.75, 3.05) is 0 Å². The quantitative estimate of drug-likeness (QED) is 0.604. The molecule has 3 fully saturated rings. The van der Waals surface area contributed by atoms with Crippen LogP contribution >= 0.6 is 0 Å². The first-order valence-electron chi connectivity index (χ1n) is 10.1. The second kappa shape index (κ2) is 6.29. The number of carbonyl (C=O) groups is 3. The van der Waals surface area contributed by atoms with Gasteiger partial charge in [0.05, 0.1) is 0 Å². The molecule has 0 amide bonds. The van der Waals surface area contributed by atoms with Crippen molar-refractivity contribution < 1.29 is 32.3 Å². The van der Waals surface area contributed by atoms with Crippen LogP contribution in [0.3, 0.4) is 0 Å². The highest BCUT2D eigenvalue weighted by Crippen LogP contribution is 2.65. The van der Waals surface area contributed by atoms with Gasteiger partial charge in [0.25, 0.3) is 0 Å². The van der Waals surface area contributed by atoms with Gasteiger partial charge in [0.2, 0.25) is 0 Å². The minimum Gasteiger partial charge on any atom is -0.455 e. The van der Waals surface area contributed by atoms with Crippen LogP contribution < -0.4 is 0 Å². The molecule has 0 aromatic carbocycles. The predicted molar refractivity (Wildman–Crippen MR) is 97.6 cm³/mol. The van der Waals surface area contributed by atoms with Gasteiger partial charge in [-0.3, -0.25) is 9.59 Å². The Kier molecular flexibility index (Phi) is 4.41. The second-order valence-corrected chi connectivity index (χ2v) is 9.57. The van der Waals surface area contributed by atoms with Gasteiger partial charge in [-0.05, 0) is 54.6 Å². The summed E-state index contributed by atoms with van der Waals surface area (Å²) in [5.41, 5.74) is 0.194. The number of hydrogen-bond acceptors (Lipinski definition) is 4. The zero-order valence-electron chi connectivity index (χ0n) is 16.6. The Morgan fingerprint density at radius 2 is 1.90 bits per heavy atom. The predicted octanol–water partition coefficient (Wildman–Crippen LogP) is 4.34. The van der Waals surface area contributed by atoms with Gasteiger partial charge in [-0.25, -0.2) is 4.79 Å². The third-order valence-electron chi connectivity index (χ3n) is 8.04. The van der Waals surface area contributed by atoms with Crippen molar-refractivity contribution in [3.8, 4) is 0 Å². The molecule has 3 saturated carbocycles. The van der Waals surface area contributed by atoms with E-state index in [1.54, 1.807) is 13.0 Å². The van der Waals surface area contributed by atoms with Gasteiger partial charge in [-0.1, -0.05) is 26.0 Å². The Bertz CT molecular complexity index is 841. The van der Waals surface area contributed by atoms with E-state index in [2.05, 4.69) is 6.58 Å². The summed E-state index contributed by atoms with van der Waals surface area (Å²) in [4.78, 5) is 36.5. The molecule has 0 aromatic rings. The van der Waals surface area contributed by atoms with E-state index in [0.717, 1.165) is 11.1 Å². The van der Waals surface area contributed by atoms with E-state index >= 15 is 0 Å². The number of allylic oxidation sites excluding steroid dienone is 2. The highest BCUT2D eigenvalue weighted by atomic mass is 19.4. The van der Waals surface area contributed by atoms with Crippen LogP contribution in [0.4, 0.5) is 13.2 Å². The van der Waals surface area contributed by atoms with Crippen LogP contribution in [-0.4, -0.2) is 29.8 Å². The summed E-state index contributed by atoms with van der Waals surface area (Å²) in [5, 5.41) is 0. The Balaban J connectivity index is 1.80. The molecule has 0 spiro atoms. The minimum atomic E-state index is -5.09. The zero-order valence-corrected chi connectivity index (χ0v) is 16.6. The van der Waals surface area contributed by atoms with E-state index in [0.29, 0.717) is 32.1 Å². The molecule has 7 heteroatoms. The number of esters is 1. The Morgan fingerprint density at radius 3 is 2.55 bits per heavy atom. The van der Waals surface area contributed by atoms with E-state index in [9.17, 15) is 27.6 Å². The molecule has 4 nitrogen and oxygen atoms in total. The molecule has 4 aliphatic rings. The number of fused-ring (bicyclic) bond motifs is 5. The minimum absolute atomic E-state index is 0.0161. The van der Waals surface area contributed by atoms with E-state index in [-0.39, 0.29) is 35.7 Å². The number of alkyl halides is 3. The van der Waals surface area contributed by atoms with Crippen molar-refractivity contribution in [1.29, 1.82) is 0 Å². The number of carbonyl (C=O) groups excluding carboxylic acids is 3. The first-order valence-corrected chi connectivity index (χ1v) is 10.1. The fourth-order valence-electron chi connectivity index (χ4n) is 6.75. The van der Waals surface area contributed by atoms with E-state index in [1.807, 2.05) is 6.92 Å². The maximum atomic E-state index is 13.0. The van der Waals surface area contributed by atoms with E-state index in [1.165, 1.54) is 0 Å². The first kappa shape index (κ1) is 20.4. The van der Waals surface area contributed by atoms with Crippen LogP contribution in [0.15, 0.2) is 23.8 Å². The number of ether oxygens (including phenoxy) is 1. The molecule has 0 unspecified atom stereocenters. The van der Waals surface area contributed by atoms with Crippen LogP contribution in [0, 0.1) is 28.6 Å². The molecule has 4 aliphatic carbocycles. The number of ketones is 2. The average Bonchev–Trinajstić information content (AvgIpc) is 2.90. The van der Waals surface area contributed by atoms with Gasteiger partial charge in [0, 0.05) is 24.2 Å². The molecule has 0 aromatic heterocycles. The van der Waals surface area contributed by atoms with Crippen molar-refractivity contribution in [1.82, 2.24) is 0 Å². The van der Waals surface area contributed by atoms with Gasteiger partial charge >= 0.3 is 12.1 Å². The second-order valence-electron chi connectivity index (χ2n) is 9.57. The first-order chi connectivity index (χ1) is 13.4. The molecular formula is C22H25F3O4. The fraction of sp³-hybridized carbons (Fsp3) is 0.682. The summed E-state index contributed by atoms with van der Waals surface area (Å²) < 4.78 is 44.1. The Morgan fingerprint density at radius 1 is 1.21 bits per heavy atom. The van der Waals surface area contributed by atoms with Crippen molar-refractivity contribution in [3.63, 3.8) is 0 Å². The third kappa shape index (κ3) is 2.91.